The lowest BCUT2D eigenvalue weighted by molar-refractivity contribution is -0.0117. The third-order valence-electron chi connectivity index (χ3n) is 7.34. The van der Waals surface area contributed by atoms with E-state index in [1.54, 1.807) is 0 Å². The van der Waals surface area contributed by atoms with Crippen molar-refractivity contribution in [1.29, 1.82) is 0 Å². The van der Waals surface area contributed by atoms with E-state index in [0.717, 1.165) is 35.9 Å². The topological polar surface area (TPSA) is 70.4 Å². The number of amides is 2. The van der Waals surface area contributed by atoms with Gasteiger partial charge in [0.05, 0.1) is 17.3 Å². The number of urea groups is 1. The Balaban J connectivity index is 1.30. The van der Waals surface area contributed by atoms with Gasteiger partial charge in [-0.15, -0.1) is 0 Å². The van der Waals surface area contributed by atoms with Gasteiger partial charge in [-0.05, 0) is 56.6 Å². The SMILES string of the molecule is CC1(C2CCN(C(=O)NCC3CCC3)CC2)[C@H](O)c2cc(Cl)cc3cnn1c23. The molecule has 0 bridgehead atoms. The summed E-state index contributed by atoms with van der Waals surface area (Å²) in [6.07, 6.45) is 6.67. The summed E-state index contributed by atoms with van der Waals surface area (Å²) in [6, 6.07) is 3.82. The highest BCUT2D eigenvalue weighted by Crippen LogP contribution is 2.51. The molecule has 28 heavy (non-hydrogen) atoms. The van der Waals surface area contributed by atoms with E-state index in [0.29, 0.717) is 24.0 Å². The molecule has 0 radical (unpaired) electrons. The molecule has 1 unspecified atom stereocenters. The molecule has 1 aliphatic carbocycles. The van der Waals surface area contributed by atoms with Crippen molar-refractivity contribution in [3.05, 3.63) is 28.9 Å². The van der Waals surface area contributed by atoms with Crippen LogP contribution >= 0.6 is 11.6 Å². The van der Waals surface area contributed by atoms with Crippen LogP contribution < -0.4 is 5.32 Å². The number of likely N-dealkylation sites (tertiary alicyclic amines) is 1. The number of nitrogens with one attached hydrogen (secondary N) is 1. The molecule has 2 atom stereocenters. The average molecular weight is 403 g/mol. The van der Waals surface area contributed by atoms with E-state index in [2.05, 4.69) is 17.3 Å². The lowest BCUT2D eigenvalue weighted by atomic mass is 9.75. The van der Waals surface area contributed by atoms with Crippen molar-refractivity contribution in [3.8, 4) is 0 Å². The fourth-order valence-corrected chi connectivity index (χ4v) is 5.51. The van der Waals surface area contributed by atoms with Crippen molar-refractivity contribution in [2.75, 3.05) is 19.6 Å². The summed E-state index contributed by atoms with van der Waals surface area (Å²) in [5.74, 6) is 0.911. The molecule has 0 spiro atoms. The number of rotatable bonds is 3. The van der Waals surface area contributed by atoms with Gasteiger partial charge in [0.1, 0.15) is 6.10 Å². The van der Waals surface area contributed by atoms with Crippen molar-refractivity contribution in [3.63, 3.8) is 0 Å². The minimum atomic E-state index is -0.638. The van der Waals surface area contributed by atoms with E-state index < -0.39 is 11.6 Å². The van der Waals surface area contributed by atoms with Crippen LogP contribution in [0.4, 0.5) is 4.79 Å². The fourth-order valence-electron chi connectivity index (χ4n) is 5.27. The quantitative estimate of drug-likeness (QED) is 0.822. The van der Waals surface area contributed by atoms with E-state index >= 15 is 0 Å². The van der Waals surface area contributed by atoms with Gasteiger partial charge in [0.25, 0.3) is 0 Å². The molecule has 3 aliphatic rings. The molecule has 2 amide bonds. The molecule has 2 N–H and O–H groups in total. The first-order valence-corrected chi connectivity index (χ1v) is 10.7. The Morgan fingerprint density at radius 1 is 1.32 bits per heavy atom. The van der Waals surface area contributed by atoms with Crippen LogP contribution in [0.25, 0.3) is 10.9 Å². The van der Waals surface area contributed by atoms with Crippen LogP contribution in [0.15, 0.2) is 18.3 Å². The Kier molecular flexibility index (Phi) is 4.32. The van der Waals surface area contributed by atoms with Crippen LogP contribution in [0.5, 0.6) is 0 Å². The molecule has 3 heterocycles. The molecular formula is C21H27ClN4O2. The Bertz CT molecular complexity index is 917. The number of carbonyl (C=O) groups is 1. The van der Waals surface area contributed by atoms with Gasteiger partial charge in [-0.25, -0.2) is 4.79 Å². The van der Waals surface area contributed by atoms with E-state index in [4.69, 9.17) is 11.6 Å². The van der Waals surface area contributed by atoms with Crippen LogP contribution in [0.1, 0.15) is 50.7 Å². The maximum absolute atomic E-state index is 12.5. The number of hydrogen-bond acceptors (Lipinski definition) is 3. The maximum Gasteiger partial charge on any atom is 0.317 e. The molecular weight excluding hydrogens is 376 g/mol. The van der Waals surface area contributed by atoms with Crippen LogP contribution in [-0.2, 0) is 5.54 Å². The van der Waals surface area contributed by atoms with Gasteiger partial charge in [0, 0.05) is 35.6 Å². The van der Waals surface area contributed by atoms with Gasteiger partial charge >= 0.3 is 6.03 Å². The van der Waals surface area contributed by atoms with Gasteiger partial charge in [-0.1, -0.05) is 18.0 Å². The first-order chi connectivity index (χ1) is 13.5. The smallest absolute Gasteiger partial charge is 0.317 e. The van der Waals surface area contributed by atoms with Gasteiger partial charge in [-0.2, -0.15) is 5.10 Å². The summed E-state index contributed by atoms with van der Waals surface area (Å²) in [6.45, 7) is 4.32. The highest BCUT2D eigenvalue weighted by molar-refractivity contribution is 6.31. The molecule has 7 heteroatoms. The molecule has 6 nitrogen and oxygen atoms in total. The maximum atomic E-state index is 12.5. The molecule has 150 valence electrons. The number of carbonyl (C=O) groups excluding carboxylic acids is 1. The number of aliphatic hydroxyl groups excluding tert-OH is 1. The number of benzene rings is 1. The number of hydrogen-bond donors (Lipinski definition) is 2. The molecule has 5 rings (SSSR count). The van der Waals surface area contributed by atoms with Crippen molar-refractivity contribution < 1.29 is 9.90 Å². The lowest BCUT2D eigenvalue weighted by Crippen LogP contribution is -2.50. The van der Waals surface area contributed by atoms with Crippen LogP contribution in [0.3, 0.4) is 0 Å². The van der Waals surface area contributed by atoms with Crippen LogP contribution in [0, 0.1) is 11.8 Å². The predicted molar refractivity (Wildman–Crippen MR) is 108 cm³/mol. The normalized spacial score (nSPS) is 28.0. The van der Waals surface area contributed by atoms with E-state index in [1.165, 1.54) is 19.3 Å². The lowest BCUT2D eigenvalue weighted by Gasteiger charge is -2.43. The Morgan fingerprint density at radius 3 is 2.75 bits per heavy atom. The standard InChI is InChI=1S/C21H27ClN4O2/c1-21(19(27)17-10-16(22)9-14-12-24-26(21)18(14)17)15-5-7-25(8-6-15)20(28)23-11-13-3-2-4-13/h9-10,12-13,15,19,27H,2-8,11H2,1H3,(H,23,28)/t19-,21?/m1/s1. The second-order valence-corrected chi connectivity index (χ2v) is 9.30. The molecule has 1 saturated carbocycles. The first-order valence-electron chi connectivity index (χ1n) is 10.4. The Hall–Kier alpha value is -1.79. The summed E-state index contributed by atoms with van der Waals surface area (Å²) in [5.41, 5.74) is 1.34. The third-order valence-corrected chi connectivity index (χ3v) is 7.56. The summed E-state index contributed by atoms with van der Waals surface area (Å²) in [4.78, 5) is 14.4. The summed E-state index contributed by atoms with van der Waals surface area (Å²) >= 11 is 6.25. The van der Waals surface area contributed by atoms with Crippen molar-refractivity contribution in [2.45, 2.75) is 50.7 Å². The molecule has 1 aromatic carbocycles. The van der Waals surface area contributed by atoms with Crippen molar-refractivity contribution in [2.24, 2.45) is 11.8 Å². The number of nitrogens with zero attached hydrogens (tertiary/aromatic N) is 3. The zero-order valence-corrected chi connectivity index (χ0v) is 17.0. The van der Waals surface area contributed by atoms with Crippen molar-refractivity contribution in [1.82, 2.24) is 20.0 Å². The van der Waals surface area contributed by atoms with E-state index in [1.807, 2.05) is 27.9 Å². The molecule has 1 saturated heterocycles. The highest BCUT2D eigenvalue weighted by atomic mass is 35.5. The zero-order chi connectivity index (χ0) is 19.5. The Morgan fingerprint density at radius 2 is 2.07 bits per heavy atom. The fraction of sp³-hybridized carbons (Fsp3) is 0.619. The summed E-state index contributed by atoms with van der Waals surface area (Å²) in [5, 5.41) is 20.5. The Labute approximate surface area is 169 Å². The van der Waals surface area contributed by atoms with Gasteiger partial charge in [0.2, 0.25) is 0 Å². The second-order valence-electron chi connectivity index (χ2n) is 8.86. The van der Waals surface area contributed by atoms with Crippen LogP contribution in [0.2, 0.25) is 5.02 Å². The summed E-state index contributed by atoms with van der Waals surface area (Å²) < 4.78 is 2.00. The number of aliphatic hydroxyl groups is 1. The molecule has 2 aliphatic heterocycles. The van der Waals surface area contributed by atoms with Gasteiger partial charge in [-0.3, -0.25) is 4.68 Å². The number of piperidine rings is 1. The highest BCUT2D eigenvalue weighted by Gasteiger charge is 2.50. The van der Waals surface area contributed by atoms with Crippen LogP contribution in [-0.4, -0.2) is 45.5 Å². The largest absolute Gasteiger partial charge is 0.386 e. The summed E-state index contributed by atoms with van der Waals surface area (Å²) in [7, 11) is 0. The molecule has 1 aromatic heterocycles. The molecule has 2 fully saturated rings. The van der Waals surface area contributed by atoms with Gasteiger partial charge < -0.3 is 15.3 Å². The molecule has 2 aromatic rings. The van der Waals surface area contributed by atoms with E-state index in [9.17, 15) is 9.90 Å². The number of halogens is 1. The second kappa shape index (κ2) is 6.63. The minimum Gasteiger partial charge on any atom is -0.386 e. The van der Waals surface area contributed by atoms with Crippen molar-refractivity contribution >= 4 is 28.5 Å². The zero-order valence-electron chi connectivity index (χ0n) is 16.2. The van der Waals surface area contributed by atoms with Gasteiger partial charge in [0.15, 0.2) is 0 Å². The monoisotopic (exact) mass is 402 g/mol. The predicted octanol–water partition coefficient (Wildman–Crippen LogP) is 3.67. The first kappa shape index (κ1) is 18.3. The number of aromatic nitrogens is 2. The average Bonchev–Trinajstić information content (AvgIpc) is 3.17. The third kappa shape index (κ3) is 2.65. The van der Waals surface area contributed by atoms with E-state index in [-0.39, 0.29) is 11.9 Å². The minimum absolute atomic E-state index is 0.0546.